The van der Waals surface area contributed by atoms with Crippen LogP contribution in [0, 0.1) is 6.92 Å². The first-order chi connectivity index (χ1) is 11.8. The fourth-order valence-corrected chi connectivity index (χ4v) is 5.41. The van der Waals surface area contributed by atoms with Gasteiger partial charge in [-0.2, -0.15) is 0 Å². The van der Waals surface area contributed by atoms with Crippen LogP contribution < -0.4 is 4.72 Å². The van der Waals surface area contributed by atoms with E-state index in [4.69, 9.17) is 0 Å². The monoisotopic (exact) mass is 445 g/mol. The lowest BCUT2D eigenvalue weighted by atomic mass is 10.2. The number of nitrogens with one attached hydrogen (secondary N) is 1. The third-order valence-electron chi connectivity index (χ3n) is 3.60. The lowest BCUT2D eigenvalue weighted by Gasteiger charge is -2.22. The van der Waals surface area contributed by atoms with E-state index in [0.717, 1.165) is 5.56 Å². The number of alkyl halides is 1. The van der Waals surface area contributed by atoms with Gasteiger partial charge in [-0.05, 0) is 31.2 Å². The smallest absolute Gasteiger partial charge is 0.240 e. The molecule has 0 aliphatic carbocycles. The fourth-order valence-electron chi connectivity index (χ4n) is 2.14. The molecule has 0 aromatic heterocycles. The summed E-state index contributed by atoms with van der Waals surface area (Å²) in [6, 6.07) is 14.4. The van der Waals surface area contributed by atoms with Crippen molar-refractivity contribution in [3.63, 3.8) is 0 Å². The molecule has 3 atom stereocenters. The first kappa shape index (κ1) is 20.3. The number of aryl methyl sites for hydroxylation is 1. The molecule has 1 unspecified atom stereocenters. The SMILES string of the molecule is Cc1ccc(S(=O)(=O)N[C@@H](CBr)[C@@H](O)CS(=O)c2ccccc2)cc1. The van der Waals surface area contributed by atoms with Crippen molar-refractivity contribution in [1.29, 1.82) is 0 Å². The molecule has 2 aromatic carbocycles. The predicted octanol–water partition coefficient (Wildman–Crippen LogP) is 2.21. The Balaban J connectivity index is 2.08. The summed E-state index contributed by atoms with van der Waals surface area (Å²) in [7, 11) is -5.19. The lowest BCUT2D eigenvalue weighted by Crippen LogP contribution is -2.46. The standard InChI is InChI=1S/C17H20BrNO4S2/c1-13-7-9-15(10-8-13)25(22,23)19-16(11-18)17(20)12-24(21)14-5-3-2-4-6-14/h2-10,16-17,19-20H,11-12H2,1H3/t16-,17-,24?/m0/s1. The van der Waals surface area contributed by atoms with Gasteiger partial charge >= 0.3 is 0 Å². The van der Waals surface area contributed by atoms with Crippen molar-refractivity contribution in [3.05, 3.63) is 60.2 Å². The molecular formula is C17H20BrNO4S2. The van der Waals surface area contributed by atoms with Crippen LogP contribution in [0.1, 0.15) is 5.56 Å². The summed E-state index contributed by atoms with van der Waals surface area (Å²) in [5.74, 6) is -0.0588. The molecule has 0 amide bonds. The summed E-state index contributed by atoms with van der Waals surface area (Å²) in [6.45, 7) is 1.87. The van der Waals surface area contributed by atoms with Crippen LogP contribution >= 0.6 is 15.9 Å². The summed E-state index contributed by atoms with van der Waals surface area (Å²) in [4.78, 5) is 0.719. The summed E-state index contributed by atoms with van der Waals surface area (Å²) in [5.41, 5.74) is 0.953. The predicted molar refractivity (Wildman–Crippen MR) is 103 cm³/mol. The molecule has 0 aliphatic rings. The highest BCUT2D eigenvalue weighted by molar-refractivity contribution is 9.09. The van der Waals surface area contributed by atoms with Crippen LogP contribution in [0.2, 0.25) is 0 Å². The van der Waals surface area contributed by atoms with Crippen LogP contribution in [0.25, 0.3) is 0 Å². The van der Waals surface area contributed by atoms with Crippen LogP contribution in [0.15, 0.2) is 64.4 Å². The maximum absolute atomic E-state index is 12.5. The molecule has 8 heteroatoms. The number of aliphatic hydroxyl groups is 1. The Morgan fingerprint density at radius 1 is 1.12 bits per heavy atom. The minimum Gasteiger partial charge on any atom is -0.390 e. The maximum atomic E-state index is 12.5. The third-order valence-corrected chi connectivity index (χ3v) is 7.24. The molecule has 25 heavy (non-hydrogen) atoms. The van der Waals surface area contributed by atoms with E-state index >= 15 is 0 Å². The van der Waals surface area contributed by atoms with E-state index in [1.54, 1.807) is 36.4 Å². The number of hydrogen-bond donors (Lipinski definition) is 2. The highest BCUT2D eigenvalue weighted by atomic mass is 79.9. The van der Waals surface area contributed by atoms with E-state index in [9.17, 15) is 17.7 Å². The number of sulfonamides is 1. The molecule has 136 valence electrons. The minimum atomic E-state index is -3.77. The molecule has 0 bridgehead atoms. The number of aliphatic hydroxyl groups excluding tert-OH is 1. The van der Waals surface area contributed by atoms with E-state index in [2.05, 4.69) is 20.7 Å². The zero-order chi connectivity index (χ0) is 18.4. The van der Waals surface area contributed by atoms with Crippen LogP contribution in [-0.2, 0) is 20.8 Å². The third kappa shape index (κ3) is 5.72. The van der Waals surface area contributed by atoms with E-state index in [0.29, 0.717) is 4.90 Å². The van der Waals surface area contributed by atoms with Gasteiger partial charge in [0.25, 0.3) is 0 Å². The van der Waals surface area contributed by atoms with Crippen LogP contribution in [0.3, 0.4) is 0 Å². The lowest BCUT2D eigenvalue weighted by molar-refractivity contribution is 0.169. The van der Waals surface area contributed by atoms with Gasteiger partial charge in [0, 0.05) is 10.2 Å². The van der Waals surface area contributed by atoms with Crippen LogP contribution in [0.4, 0.5) is 0 Å². The molecule has 2 N–H and O–H groups in total. The summed E-state index contributed by atoms with van der Waals surface area (Å²) in [5, 5.41) is 10.5. The van der Waals surface area contributed by atoms with Crippen molar-refractivity contribution in [2.45, 2.75) is 28.9 Å². The maximum Gasteiger partial charge on any atom is 0.240 e. The topological polar surface area (TPSA) is 83.5 Å². The molecule has 2 rings (SSSR count). The molecule has 0 saturated carbocycles. The number of benzene rings is 2. The van der Waals surface area contributed by atoms with Gasteiger partial charge in [-0.1, -0.05) is 51.8 Å². The van der Waals surface area contributed by atoms with Gasteiger partial charge in [-0.15, -0.1) is 0 Å². The van der Waals surface area contributed by atoms with E-state index in [-0.39, 0.29) is 16.0 Å². The Labute approximate surface area is 159 Å². The molecular weight excluding hydrogens is 426 g/mol. The summed E-state index contributed by atoms with van der Waals surface area (Å²) in [6.07, 6.45) is -1.10. The van der Waals surface area contributed by atoms with Gasteiger partial charge in [-0.3, -0.25) is 4.21 Å². The van der Waals surface area contributed by atoms with Crippen molar-refractivity contribution >= 4 is 36.8 Å². The normalized spacial score (nSPS) is 15.5. The molecule has 5 nitrogen and oxygen atoms in total. The molecule has 0 aliphatic heterocycles. The van der Waals surface area contributed by atoms with Gasteiger partial charge in [0.2, 0.25) is 10.0 Å². The summed E-state index contributed by atoms with van der Waals surface area (Å²) >= 11 is 3.21. The van der Waals surface area contributed by atoms with E-state index in [1.807, 2.05) is 13.0 Å². The minimum absolute atomic E-state index is 0.0588. The second-order valence-corrected chi connectivity index (χ2v) is 9.44. The first-order valence-corrected chi connectivity index (χ1v) is 11.5. The Hall–Kier alpha value is -1.06. The van der Waals surface area contributed by atoms with Gasteiger partial charge in [0.1, 0.15) is 0 Å². The Bertz CT molecular complexity index is 810. The van der Waals surface area contributed by atoms with Crippen LogP contribution in [0.5, 0.6) is 0 Å². The van der Waals surface area contributed by atoms with Crippen molar-refractivity contribution in [2.24, 2.45) is 0 Å². The Morgan fingerprint density at radius 3 is 2.28 bits per heavy atom. The fraction of sp³-hybridized carbons (Fsp3) is 0.294. The average molecular weight is 446 g/mol. The number of rotatable bonds is 8. The Kier molecular flexibility index (Phi) is 7.33. The number of halogens is 1. The zero-order valence-corrected chi connectivity index (χ0v) is 16.9. The van der Waals surface area contributed by atoms with Crippen molar-refractivity contribution in [2.75, 3.05) is 11.1 Å². The van der Waals surface area contributed by atoms with Gasteiger partial charge in [0.15, 0.2) is 0 Å². The Morgan fingerprint density at radius 2 is 1.72 bits per heavy atom. The van der Waals surface area contributed by atoms with Crippen LogP contribution in [-0.4, -0.2) is 41.0 Å². The van der Waals surface area contributed by atoms with Gasteiger partial charge in [0.05, 0.1) is 33.6 Å². The highest BCUT2D eigenvalue weighted by Crippen LogP contribution is 2.14. The summed E-state index contributed by atoms with van der Waals surface area (Å²) < 4.78 is 39.7. The molecule has 0 radical (unpaired) electrons. The molecule has 2 aromatic rings. The van der Waals surface area contributed by atoms with Crippen molar-refractivity contribution < 1.29 is 17.7 Å². The second kappa shape index (κ2) is 9.05. The van der Waals surface area contributed by atoms with Gasteiger partial charge in [-0.25, -0.2) is 13.1 Å². The van der Waals surface area contributed by atoms with E-state index in [1.165, 1.54) is 12.1 Å². The highest BCUT2D eigenvalue weighted by Gasteiger charge is 2.26. The largest absolute Gasteiger partial charge is 0.390 e. The first-order valence-electron chi connectivity index (χ1n) is 7.60. The second-order valence-electron chi connectivity index (χ2n) is 5.59. The van der Waals surface area contributed by atoms with E-state index < -0.39 is 33.0 Å². The zero-order valence-electron chi connectivity index (χ0n) is 13.6. The molecule has 0 spiro atoms. The average Bonchev–Trinajstić information content (AvgIpc) is 2.60. The van der Waals surface area contributed by atoms with Gasteiger partial charge < -0.3 is 5.11 Å². The van der Waals surface area contributed by atoms with Crippen molar-refractivity contribution in [3.8, 4) is 0 Å². The molecule has 0 saturated heterocycles. The number of hydrogen-bond acceptors (Lipinski definition) is 4. The van der Waals surface area contributed by atoms with Crippen molar-refractivity contribution in [1.82, 2.24) is 4.72 Å². The molecule has 0 heterocycles. The quantitative estimate of drug-likeness (QED) is 0.610. The molecule has 0 fully saturated rings.